The van der Waals surface area contributed by atoms with Crippen molar-refractivity contribution in [1.29, 1.82) is 0 Å². The van der Waals surface area contributed by atoms with E-state index in [1.54, 1.807) is 18.2 Å². The number of rotatable bonds is 6. The van der Waals surface area contributed by atoms with E-state index < -0.39 is 3.92 Å². The molecule has 1 aromatic carbocycles. The minimum Gasteiger partial charge on any atom is -0.493 e. The maximum absolute atomic E-state index is 12.0. The number of alkyl halides is 1. The Kier molecular flexibility index (Phi) is 6.56. The van der Waals surface area contributed by atoms with Crippen LogP contribution in [0.4, 0.5) is 0 Å². The number of hydrogen-bond acceptors (Lipinski definition) is 5. The lowest BCUT2D eigenvalue weighted by atomic mass is 10.2. The second kappa shape index (κ2) is 7.93. The lowest BCUT2D eigenvalue weighted by Gasteiger charge is -2.11. The van der Waals surface area contributed by atoms with Crippen molar-refractivity contribution in [1.82, 2.24) is 5.32 Å². The Morgan fingerprint density at radius 3 is 2.40 bits per heavy atom. The highest BCUT2D eigenvalue weighted by Gasteiger charge is 2.17. The van der Waals surface area contributed by atoms with E-state index in [-0.39, 0.29) is 18.4 Å². The molecule has 0 aliphatic heterocycles. The van der Waals surface area contributed by atoms with Gasteiger partial charge in [-0.2, -0.15) is 0 Å². The molecule has 110 valence electrons. The number of halogens is 1. The summed E-state index contributed by atoms with van der Waals surface area (Å²) < 4.78 is 14.4. The molecule has 0 saturated heterocycles. The first-order valence-electron chi connectivity index (χ1n) is 5.75. The van der Waals surface area contributed by atoms with Crippen LogP contribution in [0.15, 0.2) is 18.2 Å². The zero-order chi connectivity index (χ0) is 15.1. The smallest absolute Gasteiger partial charge is 0.320 e. The van der Waals surface area contributed by atoms with E-state index in [1.807, 2.05) is 22.6 Å². The Labute approximate surface area is 130 Å². The third-order valence-corrected chi connectivity index (χ3v) is 3.49. The second-order valence-corrected chi connectivity index (χ2v) is 5.27. The predicted octanol–water partition coefficient (Wildman–Crippen LogP) is 1.41. The molecule has 1 atom stereocenters. The number of esters is 1. The molecule has 0 radical (unpaired) electrons. The molecule has 1 rings (SSSR count). The summed E-state index contributed by atoms with van der Waals surface area (Å²) in [5.74, 6) is 0.347. The third-order valence-electron chi connectivity index (χ3n) is 2.54. The fourth-order valence-corrected chi connectivity index (χ4v) is 1.95. The maximum atomic E-state index is 12.0. The monoisotopic (exact) mass is 393 g/mol. The molecule has 0 fully saturated rings. The molecule has 1 unspecified atom stereocenters. The molecule has 1 amide bonds. The van der Waals surface area contributed by atoms with E-state index in [0.29, 0.717) is 17.1 Å². The Morgan fingerprint density at radius 1 is 1.20 bits per heavy atom. The molecule has 0 bridgehead atoms. The van der Waals surface area contributed by atoms with E-state index in [2.05, 4.69) is 10.1 Å². The summed E-state index contributed by atoms with van der Waals surface area (Å²) in [6.07, 6.45) is 0. The lowest BCUT2D eigenvalue weighted by Crippen LogP contribution is -2.33. The summed E-state index contributed by atoms with van der Waals surface area (Å²) in [5, 5.41) is 2.66. The van der Waals surface area contributed by atoms with Crippen molar-refractivity contribution < 1.29 is 23.8 Å². The summed E-state index contributed by atoms with van der Waals surface area (Å²) in [5.41, 5.74) is 0.427. The van der Waals surface area contributed by atoms with Crippen molar-refractivity contribution in [2.45, 2.75) is 3.92 Å². The molecule has 1 aromatic rings. The number of carbonyl (C=O) groups excluding carboxylic acids is 2. The number of hydrogen-bond donors (Lipinski definition) is 1. The first kappa shape index (κ1) is 16.5. The maximum Gasteiger partial charge on any atom is 0.320 e. The third kappa shape index (κ3) is 4.26. The highest BCUT2D eigenvalue weighted by Crippen LogP contribution is 2.27. The Bertz CT molecular complexity index is 492. The van der Waals surface area contributed by atoms with Gasteiger partial charge in [-0.05, 0) is 18.2 Å². The Hall–Kier alpha value is -1.51. The van der Waals surface area contributed by atoms with Gasteiger partial charge in [0.15, 0.2) is 11.5 Å². The van der Waals surface area contributed by atoms with Gasteiger partial charge in [0.1, 0.15) is 3.92 Å². The first-order chi connectivity index (χ1) is 9.53. The molecular formula is C13H16INO5. The van der Waals surface area contributed by atoms with E-state index in [9.17, 15) is 9.59 Å². The Morgan fingerprint density at radius 2 is 1.85 bits per heavy atom. The largest absolute Gasteiger partial charge is 0.493 e. The number of carbonyl (C=O) groups is 2. The van der Waals surface area contributed by atoms with Gasteiger partial charge >= 0.3 is 5.97 Å². The van der Waals surface area contributed by atoms with Crippen LogP contribution in [0.25, 0.3) is 0 Å². The molecule has 7 heteroatoms. The zero-order valence-electron chi connectivity index (χ0n) is 11.4. The summed E-state index contributed by atoms with van der Waals surface area (Å²) in [7, 11) is 4.33. The second-order valence-electron chi connectivity index (χ2n) is 3.77. The van der Waals surface area contributed by atoms with Crippen LogP contribution in [0.1, 0.15) is 10.4 Å². The predicted molar refractivity (Wildman–Crippen MR) is 81.7 cm³/mol. The zero-order valence-corrected chi connectivity index (χ0v) is 13.6. The lowest BCUT2D eigenvalue weighted by molar-refractivity contribution is -0.139. The minimum absolute atomic E-state index is 0.195. The van der Waals surface area contributed by atoms with Crippen LogP contribution in [-0.4, -0.2) is 43.7 Å². The number of ether oxygens (including phenoxy) is 3. The van der Waals surface area contributed by atoms with Gasteiger partial charge in [0, 0.05) is 12.1 Å². The summed E-state index contributed by atoms with van der Waals surface area (Å²) in [6, 6.07) is 4.85. The minimum atomic E-state index is -0.429. The molecule has 0 aliphatic carbocycles. The molecular weight excluding hydrogens is 377 g/mol. The molecule has 0 heterocycles. The number of nitrogens with one attached hydrogen (secondary N) is 1. The van der Waals surface area contributed by atoms with Gasteiger partial charge in [-0.15, -0.1) is 0 Å². The highest BCUT2D eigenvalue weighted by atomic mass is 127. The number of methoxy groups -OCH3 is 3. The SMILES string of the molecule is COC(=O)C(I)CNC(=O)c1ccc(OC)c(OC)c1. The van der Waals surface area contributed by atoms with Crippen LogP contribution in [0.3, 0.4) is 0 Å². The molecule has 20 heavy (non-hydrogen) atoms. The quantitative estimate of drug-likeness (QED) is 0.450. The molecule has 0 saturated carbocycles. The fourth-order valence-electron chi connectivity index (χ4n) is 1.47. The van der Waals surface area contributed by atoms with Crippen molar-refractivity contribution in [3.05, 3.63) is 23.8 Å². The number of amides is 1. The summed E-state index contributed by atoms with van der Waals surface area (Å²) >= 11 is 1.91. The molecule has 0 aliphatic rings. The van der Waals surface area contributed by atoms with Gasteiger partial charge in [-0.1, -0.05) is 22.6 Å². The van der Waals surface area contributed by atoms with E-state index in [0.717, 1.165) is 0 Å². The van der Waals surface area contributed by atoms with E-state index in [4.69, 9.17) is 9.47 Å². The van der Waals surface area contributed by atoms with Crippen molar-refractivity contribution in [2.24, 2.45) is 0 Å². The van der Waals surface area contributed by atoms with Gasteiger partial charge in [-0.3, -0.25) is 9.59 Å². The highest BCUT2D eigenvalue weighted by molar-refractivity contribution is 14.1. The van der Waals surface area contributed by atoms with E-state index in [1.165, 1.54) is 21.3 Å². The average molecular weight is 393 g/mol. The van der Waals surface area contributed by atoms with Crippen LogP contribution >= 0.6 is 22.6 Å². The summed E-state index contributed by atoms with van der Waals surface area (Å²) in [4.78, 5) is 23.2. The molecule has 1 N–H and O–H groups in total. The van der Waals surface area contributed by atoms with Crippen LogP contribution in [0.2, 0.25) is 0 Å². The van der Waals surface area contributed by atoms with Gasteiger partial charge in [0.05, 0.1) is 21.3 Å². The van der Waals surface area contributed by atoms with Gasteiger partial charge < -0.3 is 19.5 Å². The van der Waals surface area contributed by atoms with E-state index >= 15 is 0 Å². The van der Waals surface area contributed by atoms with Crippen LogP contribution in [-0.2, 0) is 9.53 Å². The Balaban J connectivity index is 2.71. The standard InChI is InChI=1S/C13H16INO5/c1-18-10-5-4-8(6-11(10)19-2)12(16)15-7-9(14)13(17)20-3/h4-6,9H,7H2,1-3H3,(H,15,16). The van der Waals surface area contributed by atoms with Crippen molar-refractivity contribution in [2.75, 3.05) is 27.9 Å². The average Bonchev–Trinajstić information content (AvgIpc) is 2.50. The molecule has 0 spiro atoms. The van der Waals surface area contributed by atoms with Crippen LogP contribution in [0, 0.1) is 0 Å². The van der Waals surface area contributed by atoms with Crippen molar-refractivity contribution >= 4 is 34.5 Å². The molecule has 6 nitrogen and oxygen atoms in total. The first-order valence-corrected chi connectivity index (χ1v) is 7.00. The van der Waals surface area contributed by atoms with Crippen molar-refractivity contribution in [3.63, 3.8) is 0 Å². The summed E-state index contributed by atoms with van der Waals surface area (Å²) in [6.45, 7) is 0.195. The van der Waals surface area contributed by atoms with Gasteiger partial charge in [0.25, 0.3) is 5.91 Å². The van der Waals surface area contributed by atoms with Gasteiger partial charge in [-0.25, -0.2) is 0 Å². The number of benzene rings is 1. The normalized spacial score (nSPS) is 11.4. The topological polar surface area (TPSA) is 73.9 Å². The van der Waals surface area contributed by atoms with Crippen molar-refractivity contribution in [3.8, 4) is 11.5 Å². The molecule has 0 aromatic heterocycles. The fraction of sp³-hybridized carbons (Fsp3) is 0.385. The van der Waals surface area contributed by atoms with Crippen LogP contribution in [0.5, 0.6) is 11.5 Å². The van der Waals surface area contributed by atoms with Crippen LogP contribution < -0.4 is 14.8 Å². The van der Waals surface area contributed by atoms with Gasteiger partial charge in [0.2, 0.25) is 0 Å².